The molecule has 0 aliphatic carbocycles. The number of anilines is 1. The molecule has 2 aromatic rings. The van der Waals surface area contributed by atoms with Crippen LogP contribution < -0.4 is 10.9 Å². The molecule has 2 rings (SSSR count). The normalized spacial score (nSPS) is 9.86. The van der Waals surface area contributed by atoms with E-state index in [1.807, 2.05) is 18.2 Å². The third-order valence-corrected chi connectivity index (χ3v) is 2.57. The van der Waals surface area contributed by atoms with Crippen molar-refractivity contribution in [3.63, 3.8) is 0 Å². The lowest BCUT2D eigenvalue weighted by atomic mass is 10.2. The number of H-pyrrole nitrogens is 1. The molecule has 2 N–H and O–H groups in total. The number of hydrogen-bond acceptors (Lipinski definition) is 6. The Balaban J connectivity index is 2.01. The summed E-state index contributed by atoms with van der Waals surface area (Å²) in [6.07, 6.45) is -0.811. The van der Waals surface area contributed by atoms with Crippen molar-refractivity contribution < 1.29 is 19.1 Å². The van der Waals surface area contributed by atoms with Gasteiger partial charge in [0.15, 0.2) is 5.69 Å². The van der Waals surface area contributed by atoms with E-state index in [0.717, 1.165) is 18.7 Å². The maximum Gasteiger partial charge on any atom is 0.414 e. The second-order valence-electron chi connectivity index (χ2n) is 4.16. The zero-order chi connectivity index (χ0) is 15.9. The van der Waals surface area contributed by atoms with E-state index in [1.165, 1.54) is 0 Å². The van der Waals surface area contributed by atoms with Crippen molar-refractivity contribution in [2.75, 3.05) is 12.4 Å². The van der Waals surface area contributed by atoms with Crippen LogP contribution in [0.2, 0.25) is 0 Å². The number of ether oxygens (including phenoxy) is 2. The fourth-order valence-corrected chi connectivity index (χ4v) is 1.58. The van der Waals surface area contributed by atoms with Gasteiger partial charge in [0, 0.05) is 6.07 Å². The molecule has 0 aliphatic rings. The summed E-state index contributed by atoms with van der Waals surface area (Å²) in [5, 5.41) is 2.24. The van der Waals surface area contributed by atoms with Crippen LogP contribution in [0.3, 0.4) is 0 Å². The van der Waals surface area contributed by atoms with Crippen LogP contribution in [-0.4, -0.2) is 29.1 Å². The van der Waals surface area contributed by atoms with E-state index < -0.39 is 17.6 Å². The highest BCUT2D eigenvalue weighted by atomic mass is 16.5. The van der Waals surface area contributed by atoms with E-state index in [-0.39, 0.29) is 18.2 Å². The van der Waals surface area contributed by atoms with Crippen molar-refractivity contribution in [3.05, 3.63) is 58.0 Å². The van der Waals surface area contributed by atoms with Crippen LogP contribution in [0.1, 0.15) is 16.1 Å². The molecule has 0 unspecified atom stereocenters. The topological polar surface area (TPSA) is 110 Å². The number of benzene rings is 1. The minimum atomic E-state index is -0.811. The highest BCUT2D eigenvalue weighted by Gasteiger charge is 2.12. The molecule has 8 heteroatoms. The number of esters is 1. The minimum Gasteiger partial charge on any atom is -0.464 e. The van der Waals surface area contributed by atoms with Crippen molar-refractivity contribution in [1.29, 1.82) is 0 Å². The molecule has 0 aliphatic heterocycles. The first kappa shape index (κ1) is 15.2. The van der Waals surface area contributed by atoms with Crippen LogP contribution in [0.4, 0.5) is 10.7 Å². The molecule has 1 amide bonds. The largest absolute Gasteiger partial charge is 0.464 e. The van der Waals surface area contributed by atoms with Gasteiger partial charge in [-0.25, -0.2) is 14.6 Å². The Bertz CT molecular complexity index is 727. The molecular weight excluding hydrogens is 290 g/mol. The summed E-state index contributed by atoms with van der Waals surface area (Å²) in [5.41, 5.74) is -0.0132. The minimum absolute atomic E-state index is 0.0631. The first-order chi connectivity index (χ1) is 10.6. The standard InChI is InChI=1S/C14H13N3O5/c1-21-12(19)10-7-11(18)16-13(15-10)17-14(20)22-8-9-5-3-2-4-6-9/h2-7H,8H2,1H3,(H2,15,16,17,18,20). The lowest BCUT2D eigenvalue weighted by Crippen LogP contribution is -2.21. The Hall–Kier alpha value is -3.16. The molecule has 0 radical (unpaired) electrons. The fourth-order valence-electron chi connectivity index (χ4n) is 1.58. The highest BCUT2D eigenvalue weighted by Crippen LogP contribution is 2.03. The van der Waals surface area contributed by atoms with E-state index in [9.17, 15) is 14.4 Å². The molecule has 114 valence electrons. The summed E-state index contributed by atoms with van der Waals surface area (Å²) >= 11 is 0. The monoisotopic (exact) mass is 303 g/mol. The Morgan fingerprint density at radius 3 is 2.68 bits per heavy atom. The summed E-state index contributed by atoms with van der Waals surface area (Å²) in [4.78, 5) is 40.4. The number of aromatic nitrogens is 2. The predicted molar refractivity (Wildman–Crippen MR) is 76.4 cm³/mol. The first-order valence-corrected chi connectivity index (χ1v) is 6.26. The Kier molecular flexibility index (Phi) is 4.86. The maximum atomic E-state index is 11.6. The van der Waals surface area contributed by atoms with Crippen LogP contribution >= 0.6 is 0 Å². The lowest BCUT2D eigenvalue weighted by molar-refractivity contribution is 0.0593. The Morgan fingerprint density at radius 1 is 1.27 bits per heavy atom. The molecule has 1 aromatic carbocycles. The number of nitrogens with zero attached hydrogens (tertiary/aromatic N) is 1. The summed E-state index contributed by atoms with van der Waals surface area (Å²) in [6, 6.07) is 10.0. The number of carbonyl (C=O) groups excluding carboxylic acids is 2. The van der Waals surface area contributed by atoms with Gasteiger partial charge in [0.05, 0.1) is 7.11 Å². The van der Waals surface area contributed by atoms with E-state index in [1.54, 1.807) is 12.1 Å². The zero-order valence-corrected chi connectivity index (χ0v) is 11.7. The van der Waals surface area contributed by atoms with Crippen molar-refractivity contribution in [3.8, 4) is 0 Å². The molecule has 0 saturated heterocycles. The number of amides is 1. The summed E-state index contributed by atoms with van der Waals surface area (Å²) in [7, 11) is 1.16. The summed E-state index contributed by atoms with van der Waals surface area (Å²) in [5.74, 6) is -0.988. The van der Waals surface area contributed by atoms with Crippen LogP contribution in [0, 0.1) is 0 Å². The fraction of sp³-hybridized carbons (Fsp3) is 0.143. The lowest BCUT2D eigenvalue weighted by Gasteiger charge is -2.07. The molecule has 0 spiro atoms. The van der Waals surface area contributed by atoms with Gasteiger partial charge in [0.1, 0.15) is 6.61 Å². The van der Waals surface area contributed by atoms with Crippen molar-refractivity contribution in [2.45, 2.75) is 6.61 Å². The molecular formula is C14H13N3O5. The van der Waals surface area contributed by atoms with Gasteiger partial charge in [-0.2, -0.15) is 0 Å². The van der Waals surface area contributed by atoms with Crippen LogP contribution in [0.15, 0.2) is 41.2 Å². The number of rotatable bonds is 4. The van der Waals surface area contributed by atoms with Gasteiger partial charge in [-0.3, -0.25) is 15.1 Å². The zero-order valence-electron chi connectivity index (χ0n) is 11.7. The second-order valence-corrected chi connectivity index (χ2v) is 4.16. The van der Waals surface area contributed by atoms with Crippen LogP contribution in [-0.2, 0) is 16.1 Å². The smallest absolute Gasteiger partial charge is 0.414 e. The Morgan fingerprint density at radius 2 is 2.00 bits per heavy atom. The molecule has 8 nitrogen and oxygen atoms in total. The third kappa shape index (κ3) is 4.17. The average molecular weight is 303 g/mol. The van der Waals surface area contributed by atoms with Gasteiger partial charge >= 0.3 is 12.1 Å². The predicted octanol–water partition coefficient (Wildman–Crippen LogP) is 1.31. The molecule has 0 saturated carbocycles. The van der Waals surface area contributed by atoms with Gasteiger partial charge in [-0.05, 0) is 5.56 Å². The number of methoxy groups -OCH3 is 1. The summed E-state index contributed by atoms with van der Waals surface area (Å²) in [6.45, 7) is 0.0631. The molecule has 1 aromatic heterocycles. The SMILES string of the molecule is COC(=O)c1cc(=O)[nH]c(NC(=O)OCc2ccccc2)n1. The average Bonchev–Trinajstić information content (AvgIpc) is 2.52. The summed E-state index contributed by atoms with van der Waals surface area (Å²) < 4.78 is 9.43. The molecule has 1 heterocycles. The Labute approximate surface area is 125 Å². The van der Waals surface area contributed by atoms with Crippen LogP contribution in [0.25, 0.3) is 0 Å². The second kappa shape index (κ2) is 7.02. The van der Waals surface area contributed by atoms with Gasteiger partial charge in [0.2, 0.25) is 5.95 Å². The molecule has 22 heavy (non-hydrogen) atoms. The number of hydrogen-bond donors (Lipinski definition) is 2. The van der Waals surface area contributed by atoms with E-state index >= 15 is 0 Å². The molecule has 0 bridgehead atoms. The van der Waals surface area contributed by atoms with Crippen molar-refractivity contribution in [2.24, 2.45) is 0 Å². The molecule has 0 atom stereocenters. The highest BCUT2D eigenvalue weighted by molar-refractivity contribution is 5.88. The quantitative estimate of drug-likeness (QED) is 0.824. The van der Waals surface area contributed by atoms with E-state index in [0.29, 0.717) is 0 Å². The third-order valence-electron chi connectivity index (χ3n) is 2.57. The van der Waals surface area contributed by atoms with Gasteiger partial charge in [0.25, 0.3) is 5.56 Å². The number of nitrogens with one attached hydrogen (secondary N) is 2. The van der Waals surface area contributed by atoms with E-state index in [2.05, 4.69) is 20.0 Å². The first-order valence-electron chi connectivity index (χ1n) is 6.26. The van der Waals surface area contributed by atoms with Crippen molar-refractivity contribution in [1.82, 2.24) is 9.97 Å². The molecule has 0 fully saturated rings. The number of carbonyl (C=O) groups is 2. The van der Waals surface area contributed by atoms with Gasteiger partial charge < -0.3 is 9.47 Å². The van der Waals surface area contributed by atoms with Crippen molar-refractivity contribution >= 4 is 18.0 Å². The maximum absolute atomic E-state index is 11.6. The van der Waals surface area contributed by atoms with E-state index in [4.69, 9.17) is 4.74 Å². The van der Waals surface area contributed by atoms with Gasteiger partial charge in [-0.15, -0.1) is 0 Å². The van der Waals surface area contributed by atoms with Gasteiger partial charge in [-0.1, -0.05) is 30.3 Å². The number of aromatic amines is 1. The van der Waals surface area contributed by atoms with Crippen LogP contribution in [0.5, 0.6) is 0 Å².